The van der Waals surface area contributed by atoms with Crippen LogP contribution in [-0.2, 0) is 24.4 Å². The van der Waals surface area contributed by atoms with Crippen LogP contribution in [0, 0.1) is 5.41 Å². The lowest BCUT2D eigenvalue weighted by Crippen LogP contribution is -2.32. The van der Waals surface area contributed by atoms with E-state index in [0.29, 0.717) is 42.5 Å². The molecule has 1 aliphatic heterocycles. The summed E-state index contributed by atoms with van der Waals surface area (Å²) in [4.78, 5) is 27.1. The molecular formula is C24H27N3O6. The van der Waals surface area contributed by atoms with Gasteiger partial charge in [0.05, 0.1) is 19.4 Å². The maximum Gasteiger partial charge on any atom is 0.273 e. The van der Waals surface area contributed by atoms with Crippen molar-refractivity contribution in [3.8, 4) is 11.5 Å². The molecule has 0 atom stereocenters. The molecule has 2 aromatic heterocycles. The van der Waals surface area contributed by atoms with Gasteiger partial charge in [0.15, 0.2) is 23.0 Å². The quantitative estimate of drug-likeness (QED) is 0.551. The molecule has 1 aromatic carbocycles. The Bertz CT molecular complexity index is 1110. The number of nitrogens with zero attached hydrogens (tertiary/aromatic N) is 2. The Balaban J connectivity index is 1.38. The van der Waals surface area contributed by atoms with E-state index < -0.39 is 0 Å². The summed E-state index contributed by atoms with van der Waals surface area (Å²) in [6.07, 6.45) is 1.93. The maximum atomic E-state index is 12.9. The second-order valence-electron chi connectivity index (χ2n) is 9.12. The molecule has 174 valence electrons. The summed E-state index contributed by atoms with van der Waals surface area (Å²) in [5.41, 5.74) is 0.848. The molecule has 1 aliphatic rings. The van der Waals surface area contributed by atoms with Gasteiger partial charge in [-0.05, 0) is 35.2 Å². The average molecular weight is 453 g/mol. The van der Waals surface area contributed by atoms with Crippen molar-refractivity contribution in [3.63, 3.8) is 0 Å². The van der Waals surface area contributed by atoms with Crippen LogP contribution in [0.1, 0.15) is 54.8 Å². The van der Waals surface area contributed by atoms with Crippen LogP contribution in [0.15, 0.2) is 51.6 Å². The van der Waals surface area contributed by atoms with E-state index in [9.17, 15) is 9.59 Å². The molecule has 0 bridgehead atoms. The van der Waals surface area contributed by atoms with E-state index in [1.165, 1.54) is 0 Å². The van der Waals surface area contributed by atoms with Crippen LogP contribution < -0.4 is 14.8 Å². The first-order valence-electron chi connectivity index (χ1n) is 10.7. The molecule has 3 aromatic rings. The minimum Gasteiger partial charge on any atom is -0.467 e. The first kappa shape index (κ1) is 22.4. The molecular weight excluding hydrogens is 426 g/mol. The smallest absolute Gasteiger partial charge is 0.273 e. The lowest BCUT2D eigenvalue weighted by Gasteiger charge is -2.25. The number of aromatic nitrogens is 1. The van der Waals surface area contributed by atoms with E-state index in [1.54, 1.807) is 29.4 Å². The van der Waals surface area contributed by atoms with Crippen LogP contribution in [0.25, 0.3) is 0 Å². The zero-order valence-electron chi connectivity index (χ0n) is 18.9. The van der Waals surface area contributed by atoms with E-state index in [4.69, 9.17) is 18.4 Å². The Morgan fingerprint density at radius 2 is 1.85 bits per heavy atom. The first-order chi connectivity index (χ1) is 15.8. The highest BCUT2D eigenvalue weighted by atomic mass is 16.7. The van der Waals surface area contributed by atoms with E-state index in [0.717, 1.165) is 5.56 Å². The van der Waals surface area contributed by atoms with Gasteiger partial charge in [0, 0.05) is 19.0 Å². The molecule has 0 saturated heterocycles. The third-order valence-electron chi connectivity index (χ3n) is 4.99. The number of rotatable bonds is 8. The van der Waals surface area contributed by atoms with Crippen molar-refractivity contribution in [1.29, 1.82) is 0 Å². The van der Waals surface area contributed by atoms with Crippen molar-refractivity contribution in [3.05, 3.63) is 65.4 Å². The predicted molar refractivity (Wildman–Crippen MR) is 117 cm³/mol. The highest BCUT2D eigenvalue weighted by molar-refractivity contribution is 5.92. The van der Waals surface area contributed by atoms with E-state index in [-0.39, 0.29) is 36.3 Å². The van der Waals surface area contributed by atoms with Gasteiger partial charge in [-0.2, -0.15) is 0 Å². The number of hydrogen-bond acceptors (Lipinski definition) is 7. The number of fused-ring (bicyclic) bond motifs is 1. The summed E-state index contributed by atoms with van der Waals surface area (Å²) in [5.74, 6) is 2.01. The van der Waals surface area contributed by atoms with Crippen LogP contribution >= 0.6 is 0 Å². The van der Waals surface area contributed by atoms with Crippen LogP contribution in [0.4, 0.5) is 0 Å². The fourth-order valence-corrected chi connectivity index (χ4v) is 3.39. The Morgan fingerprint density at radius 3 is 2.61 bits per heavy atom. The van der Waals surface area contributed by atoms with E-state index in [2.05, 4.69) is 10.5 Å². The number of carbonyl (C=O) groups is 2. The topological polar surface area (TPSA) is 107 Å². The van der Waals surface area contributed by atoms with Gasteiger partial charge in [0.25, 0.3) is 5.91 Å². The average Bonchev–Trinajstić information content (AvgIpc) is 3.51. The van der Waals surface area contributed by atoms with Gasteiger partial charge >= 0.3 is 0 Å². The fraction of sp³-hybridized carbons (Fsp3) is 0.375. The summed E-state index contributed by atoms with van der Waals surface area (Å²) < 4.78 is 21.4. The second kappa shape index (κ2) is 9.40. The van der Waals surface area contributed by atoms with Crippen molar-refractivity contribution in [2.75, 3.05) is 6.79 Å². The van der Waals surface area contributed by atoms with Crippen molar-refractivity contribution in [1.82, 2.24) is 15.4 Å². The fourth-order valence-electron chi connectivity index (χ4n) is 3.39. The monoisotopic (exact) mass is 453 g/mol. The lowest BCUT2D eigenvalue weighted by atomic mass is 9.91. The zero-order valence-corrected chi connectivity index (χ0v) is 18.9. The number of carbonyl (C=O) groups excluding carboxylic acids is 2. The Hall–Kier alpha value is -3.75. The van der Waals surface area contributed by atoms with Gasteiger partial charge in [-0.1, -0.05) is 32.0 Å². The minimum absolute atomic E-state index is 0.0379. The van der Waals surface area contributed by atoms with Gasteiger partial charge in [-0.3, -0.25) is 9.59 Å². The first-order valence-corrected chi connectivity index (χ1v) is 10.7. The highest BCUT2D eigenvalue weighted by Gasteiger charge is 2.24. The Morgan fingerprint density at radius 1 is 1.06 bits per heavy atom. The molecule has 9 heteroatoms. The van der Waals surface area contributed by atoms with Crippen LogP contribution in [0.3, 0.4) is 0 Å². The molecule has 1 N–H and O–H groups in total. The number of ether oxygens (including phenoxy) is 2. The third-order valence-corrected chi connectivity index (χ3v) is 4.99. The van der Waals surface area contributed by atoms with E-state index >= 15 is 0 Å². The van der Waals surface area contributed by atoms with Crippen LogP contribution in [-0.4, -0.2) is 28.7 Å². The van der Waals surface area contributed by atoms with Gasteiger partial charge in [-0.15, -0.1) is 0 Å². The van der Waals surface area contributed by atoms with Gasteiger partial charge in [0.1, 0.15) is 5.76 Å². The van der Waals surface area contributed by atoms with Crippen LogP contribution in [0.5, 0.6) is 11.5 Å². The molecule has 9 nitrogen and oxygen atoms in total. The SMILES string of the molecule is CC(C)(C)CC(=O)N(Cc1ccco1)Cc1cc(C(=O)NCc2ccc3c(c2)OCO3)no1. The van der Waals surface area contributed by atoms with Gasteiger partial charge in [0.2, 0.25) is 12.7 Å². The molecule has 3 heterocycles. The van der Waals surface area contributed by atoms with Gasteiger partial charge in [-0.25, -0.2) is 0 Å². The summed E-state index contributed by atoms with van der Waals surface area (Å²) in [6, 6.07) is 10.6. The molecule has 0 aliphatic carbocycles. The van der Waals surface area contributed by atoms with Crippen molar-refractivity contribution in [2.45, 2.75) is 46.8 Å². The molecule has 0 saturated carbocycles. The largest absolute Gasteiger partial charge is 0.467 e. The maximum absolute atomic E-state index is 12.9. The van der Waals surface area contributed by atoms with Crippen LogP contribution in [0.2, 0.25) is 0 Å². The molecule has 2 amide bonds. The standard InChI is InChI=1S/C24H27N3O6/c1-24(2,3)11-22(28)27(13-17-5-4-8-30-17)14-18-10-19(26-33-18)23(29)25-12-16-6-7-20-21(9-16)32-15-31-20/h4-10H,11-15H2,1-3H3,(H,25,29). The number of benzene rings is 1. The molecule has 0 unspecified atom stereocenters. The number of nitrogens with one attached hydrogen (secondary N) is 1. The van der Waals surface area contributed by atoms with Crippen molar-refractivity contribution >= 4 is 11.8 Å². The molecule has 33 heavy (non-hydrogen) atoms. The van der Waals surface area contributed by atoms with Crippen molar-refractivity contribution < 1.29 is 28.0 Å². The van der Waals surface area contributed by atoms with Gasteiger partial charge < -0.3 is 28.6 Å². The number of hydrogen-bond donors (Lipinski definition) is 1. The summed E-state index contributed by atoms with van der Waals surface area (Å²) >= 11 is 0. The Kier molecular flexibility index (Phi) is 6.39. The Labute approximate surface area is 191 Å². The number of furan rings is 1. The minimum atomic E-state index is -0.374. The third kappa shape index (κ3) is 5.94. The molecule has 0 spiro atoms. The van der Waals surface area contributed by atoms with E-state index in [1.807, 2.05) is 39.0 Å². The molecule has 0 fully saturated rings. The molecule has 4 rings (SSSR count). The molecule has 0 radical (unpaired) electrons. The lowest BCUT2D eigenvalue weighted by molar-refractivity contribution is -0.135. The summed E-state index contributed by atoms with van der Waals surface area (Å²) in [6.45, 7) is 6.99. The number of amides is 2. The highest BCUT2D eigenvalue weighted by Crippen LogP contribution is 2.32. The summed E-state index contributed by atoms with van der Waals surface area (Å²) in [7, 11) is 0. The zero-order chi connectivity index (χ0) is 23.4. The predicted octanol–water partition coefficient (Wildman–Crippen LogP) is 3.89. The summed E-state index contributed by atoms with van der Waals surface area (Å²) in [5, 5.41) is 6.69. The van der Waals surface area contributed by atoms with Crippen molar-refractivity contribution in [2.24, 2.45) is 5.41 Å². The normalized spacial score (nSPS) is 12.6. The second-order valence-corrected chi connectivity index (χ2v) is 9.12.